The summed E-state index contributed by atoms with van der Waals surface area (Å²) in [6.07, 6.45) is 1.39. The van der Waals surface area contributed by atoms with Crippen molar-refractivity contribution in [3.63, 3.8) is 0 Å². The van der Waals surface area contributed by atoms with Crippen molar-refractivity contribution in [3.8, 4) is 0 Å². The topological polar surface area (TPSA) is 77.2 Å². The van der Waals surface area contributed by atoms with Gasteiger partial charge in [-0.15, -0.1) is 0 Å². The normalized spacial score (nSPS) is 10.3. The predicted octanol–water partition coefficient (Wildman–Crippen LogP) is 3.64. The molecule has 8 heteroatoms. The van der Waals surface area contributed by atoms with Crippen molar-refractivity contribution in [1.29, 1.82) is 0 Å². The number of pyridine rings is 1. The lowest BCUT2D eigenvalue weighted by atomic mass is 10.2. The van der Waals surface area contributed by atoms with Gasteiger partial charge in [-0.25, -0.2) is 14.2 Å². The van der Waals surface area contributed by atoms with Crippen LogP contribution < -0.4 is 11.1 Å². The zero-order chi connectivity index (χ0) is 15.6. The molecule has 3 N–H and O–H groups in total. The van der Waals surface area contributed by atoms with Crippen LogP contribution in [0.3, 0.4) is 0 Å². The number of carbonyl (C=O) groups excluding carboxylic acids is 1. The quantitative estimate of drug-likeness (QED) is 0.664. The number of nitrogens with zero attached hydrogens (tertiary/aromatic N) is 1. The SMILES string of the molecule is COC(=O)c1ccnc(Nc2cc(Cl)c(F)c(Cl)c2)c1N. The Kier molecular flexibility index (Phi) is 4.50. The third-order valence-electron chi connectivity index (χ3n) is 2.64. The molecule has 0 bridgehead atoms. The van der Waals surface area contributed by atoms with Gasteiger partial charge in [-0.2, -0.15) is 0 Å². The van der Waals surface area contributed by atoms with Crippen molar-refractivity contribution in [3.05, 3.63) is 45.8 Å². The summed E-state index contributed by atoms with van der Waals surface area (Å²) >= 11 is 11.4. The molecule has 0 aliphatic carbocycles. The number of methoxy groups -OCH3 is 1. The van der Waals surface area contributed by atoms with Gasteiger partial charge in [0.1, 0.15) is 0 Å². The highest BCUT2D eigenvalue weighted by Crippen LogP contribution is 2.30. The number of hydrogen-bond acceptors (Lipinski definition) is 5. The highest BCUT2D eigenvalue weighted by atomic mass is 35.5. The second-order valence-corrected chi connectivity index (χ2v) is 4.81. The monoisotopic (exact) mass is 329 g/mol. The molecule has 0 saturated heterocycles. The predicted molar refractivity (Wildman–Crippen MR) is 79.7 cm³/mol. The van der Waals surface area contributed by atoms with Crippen molar-refractivity contribution in [2.75, 3.05) is 18.2 Å². The maximum Gasteiger partial charge on any atom is 0.340 e. The Balaban J connectivity index is 2.38. The molecule has 0 amide bonds. The number of nitrogens with two attached hydrogens (primary N) is 1. The molecule has 0 spiro atoms. The average Bonchev–Trinajstić information content (AvgIpc) is 2.46. The molecule has 1 heterocycles. The summed E-state index contributed by atoms with van der Waals surface area (Å²) in [5.41, 5.74) is 6.49. The van der Waals surface area contributed by atoms with Gasteiger partial charge < -0.3 is 15.8 Å². The van der Waals surface area contributed by atoms with Crippen LogP contribution in [0.2, 0.25) is 10.0 Å². The number of esters is 1. The molecule has 0 saturated carbocycles. The third kappa shape index (κ3) is 3.17. The van der Waals surface area contributed by atoms with E-state index in [1.165, 1.54) is 31.5 Å². The molecule has 2 aromatic rings. The van der Waals surface area contributed by atoms with E-state index in [1.54, 1.807) is 0 Å². The molecule has 110 valence electrons. The van der Waals surface area contributed by atoms with E-state index >= 15 is 0 Å². The molecule has 0 atom stereocenters. The van der Waals surface area contributed by atoms with Gasteiger partial charge in [0, 0.05) is 11.9 Å². The Morgan fingerprint density at radius 2 is 2.00 bits per heavy atom. The first-order valence-corrected chi connectivity index (χ1v) is 6.44. The first-order valence-electron chi connectivity index (χ1n) is 5.68. The summed E-state index contributed by atoms with van der Waals surface area (Å²) in [6.45, 7) is 0. The average molecular weight is 330 g/mol. The van der Waals surface area contributed by atoms with Gasteiger partial charge in [-0.3, -0.25) is 0 Å². The van der Waals surface area contributed by atoms with E-state index in [9.17, 15) is 9.18 Å². The minimum Gasteiger partial charge on any atom is -0.465 e. The van der Waals surface area contributed by atoms with Crippen LogP contribution in [0.25, 0.3) is 0 Å². The maximum absolute atomic E-state index is 13.4. The molecule has 21 heavy (non-hydrogen) atoms. The summed E-state index contributed by atoms with van der Waals surface area (Å²) < 4.78 is 18.0. The van der Waals surface area contributed by atoms with Gasteiger partial charge in [-0.1, -0.05) is 23.2 Å². The number of aromatic nitrogens is 1. The molecule has 5 nitrogen and oxygen atoms in total. The van der Waals surface area contributed by atoms with E-state index in [0.29, 0.717) is 5.69 Å². The maximum atomic E-state index is 13.4. The Morgan fingerprint density at radius 1 is 1.38 bits per heavy atom. The fraction of sp³-hybridized carbons (Fsp3) is 0.0769. The molecule has 0 aliphatic rings. The second kappa shape index (κ2) is 6.15. The third-order valence-corrected chi connectivity index (χ3v) is 3.19. The van der Waals surface area contributed by atoms with E-state index in [-0.39, 0.29) is 27.1 Å². The van der Waals surface area contributed by atoms with Crippen LogP contribution in [0.15, 0.2) is 24.4 Å². The molecule has 0 radical (unpaired) electrons. The number of halogens is 3. The second-order valence-electron chi connectivity index (χ2n) is 3.99. The van der Waals surface area contributed by atoms with Crippen molar-refractivity contribution >= 4 is 46.4 Å². The Morgan fingerprint density at radius 3 is 2.57 bits per heavy atom. The van der Waals surface area contributed by atoms with E-state index in [1.807, 2.05) is 0 Å². The lowest BCUT2D eigenvalue weighted by Crippen LogP contribution is -2.09. The largest absolute Gasteiger partial charge is 0.465 e. The fourth-order valence-electron chi connectivity index (χ4n) is 1.63. The number of nitrogens with one attached hydrogen (secondary N) is 1. The van der Waals surface area contributed by atoms with Crippen LogP contribution in [0, 0.1) is 5.82 Å². The van der Waals surface area contributed by atoms with Crippen LogP contribution in [-0.4, -0.2) is 18.1 Å². The summed E-state index contributed by atoms with van der Waals surface area (Å²) in [5, 5.41) is 2.53. The summed E-state index contributed by atoms with van der Waals surface area (Å²) in [7, 11) is 1.24. The molecular weight excluding hydrogens is 320 g/mol. The van der Waals surface area contributed by atoms with Gasteiger partial charge in [-0.05, 0) is 18.2 Å². The van der Waals surface area contributed by atoms with Crippen LogP contribution in [0.1, 0.15) is 10.4 Å². The van der Waals surface area contributed by atoms with E-state index in [2.05, 4.69) is 15.0 Å². The number of nitrogen functional groups attached to an aromatic ring is 1. The zero-order valence-corrected chi connectivity index (χ0v) is 12.3. The van der Waals surface area contributed by atoms with Gasteiger partial charge >= 0.3 is 5.97 Å². The van der Waals surface area contributed by atoms with E-state index in [4.69, 9.17) is 28.9 Å². The number of rotatable bonds is 3. The number of hydrogen-bond donors (Lipinski definition) is 2. The Hall–Kier alpha value is -2.05. The van der Waals surface area contributed by atoms with Crippen LogP contribution >= 0.6 is 23.2 Å². The van der Waals surface area contributed by atoms with Crippen LogP contribution in [0.4, 0.5) is 21.6 Å². The van der Waals surface area contributed by atoms with Gasteiger partial charge in [0.15, 0.2) is 11.6 Å². The molecule has 1 aromatic heterocycles. The first-order chi connectivity index (χ1) is 9.93. The smallest absolute Gasteiger partial charge is 0.340 e. The number of ether oxygens (including phenoxy) is 1. The van der Waals surface area contributed by atoms with Crippen LogP contribution in [0.5, 0.6) is 0 Å². The number of anilines is 3. The van der Waals surface area contributed by atoms with Gasteiger partial charge in [0.25, 0.3) is 0 Å². The molecular formula is C13H10Cl2FN3O2. The highest BCUT2D eigenvalue weighted by Gasteiger charge is 2.15. The van der Waals surface area contributed by atoms with E-state index < -0.39 is 11.8 Å². The lowest BCUT2D eigenvalue weighted by molar-refractivity contribution is 0.0602. The zero-order valence-electron chi connectivity index (χ0n) is 10.8. The minimum atomic E-state index is -0.715. The Bertz CT molecular complexity index is 687. The summed E-state index contributed by atoms with van der Waals surface area (Å²) in [4.78, 5) is 15.6. The van der Waals surface area contributed by atoms with Crippen molar-refractivity contribution in [2.45, 2.75) is 0 Å². The van der Waals surface area contributed by atoms with Crippen LogP contribution in [-0.2, 0) is 4.74 Å². The summed E-state index contributed by atoms with van der Waals surface area (Å²) in [6, 6.07) is 4.08. The molecule has 0 fully saturated rings. The first kappa shape index (κ1) is 15.3. The Labute approximate surface area is 129 Å². The summed E-state index contributed by atoms with van der Waals surface area (Å²) in [5.74, 6) is -1.10. The molecule has 2 rings (SSSR count). The minimum absolute atomic E-state index is 0.0981. The van der Waals surface area contributed by atoms with Gasteiger partial charge in [0.2, 0.25) is 0 Å². The standard InChI is InChI=1S/C13H10Cl2FN3O2/c1-21-13(20)7-2-3-18-12(11(7)17)19-6-4-8(14)10(16)9(15)5-6/h2-5H,17H2,1H3,(H,18,19). The number of carbonyl (C=O) groups is 1. The fourth-order valence-corrected chi connectivity index (χ4v) is 2.11. The molecule has 0 unspecified atom stereocenters. The van der Waals surface area contributed by atoms with Crippen molar-refractivity contribution < 1.29 is 13.9 Å². The highest BCUT2D eigenvalue weighted by molar-refractivity contribution is 6.35. The number of benzene rings is 1. The van der Waals surface area contributed by atoms with E-state index in [0.717, 1.165) is 0 Å². The van der Waals surface area contributed by atoms with Gasteiger partial charge in [0.05, 0.1) is 28.4 Å². The molecule has 0 aliphatic heterocycles. The molecule has 1 aromatic carbocycles. The lowest BCUT2D eigenvalue weighted by Gasteiger charge is -2.11. The van der Waals surface area contributed by atoms with Crippen molar-refractivity contribution in [1.82, 2.24) is 4.98 Å². The van der Waals surface area contributed by atoms with Crippen molar-refractivity contribution in [2.24, 2.45) is 0 Å².